The van der Waals surface area contributed by atoms with Crippen molar-refractivity contribution in [2.75, 3.05) is 13.1 Å². The molecule has 0 saturated carbocycles. The van der Waals surface area contributed by atoms with E-state index in [4.69, 9.17) is 0 Å². The van der Waals surface area contributed by atoms with Gasteiger partial charge in [0.2, 0.25) is 0 Å². The fourth-order valence-electron chi connectivity index (χ4n) is 1.14. The quantitative estimate of drug-likeness (QED) is 0.666. The molecule has 1 rings (SSSR count). The molecule has 0 radical (unpaired) electrons. The van der Waals surface area contributed by atoms with Crippen molar-refractivity contribution in [3.8, 4) is 0 Å². The van der Waals surface area contributed by atoms with Crippen LogP contribution < -0.4 is 5.32 Å². The van der Waals surface area contributed by atoms with Gasteiger partial charge in [-0.15, -0.1) is 0 Å². The normalized spacial score (nSPS) is 21.3. The third-order valence-electron chi connectivity index (χ3n) is 1.79. The molecule has 4 heteroatoms. The van der Waals surface area contributed by atoms with Crippen molar-refractivity contribution in [3.05, 3.63) is 0 Å². The standard InChI is InChI=1S/C6H11NO.C5H10O2/c1-5-2-6(8)4-7-3-5;1-5(2,3)7-4-6/h5,7H,2-4H2,1H3;4H,1-3H3/t5-;/m1./s1. The van der Waals surface area contributed by atoms with Crippen LogP contribution in [0.5, 0.6) is 0 Å². The van der Waals surface area contributed by atoms with E-state index < -0.39 is 0 Å². The van der Waals surface area contributed by atoms with Gasteiger partial charge in [-0.25, -0.2) is 0 Å². The Morgan fingerprint density at radius 1 is 1.47 bits per heavy atom. The van der Waals surface area contributed by atoms with Crippen LogP contribution in [0.2, 0.25) is 0 Å². The second-order valence-electron chi connectivity index (χ2n) is 4.81. The summed E-state index contributed by atoms with van der Waals surface area (Å²) >= 11 is 0. The van der Waals surface area contributed by atoms with E-state index in [9.17, 15) is 9.59 Å². The molecule has 0 aromatic rings. The first-order chi connectivity index (χ1) is 6.85. The molecule has 1 atom stereocenters. The van der Waals surface area contributed by atoms with Crippen molar-refractivity contribution in [1.29, 1.82) is 0 Å². The molecule has 1 saturated heterocycles. The zero-order valence-corrected chi connectivity index (χ0v) is 10.0. The maximum Gasteiger partial charge on any atom is 0.293 e. The molecule has 88 valence electrons. The van der Waals surface area contributed by atoms with Crippen molar-refractivity contribution < 1.29 is 14.3 Å². The van der Waals surface area contributed by atoms with E-state index in [1.54, 1.807) is 0 Å². The number of nitrogens with one attached hydrogen (secondary N) is 1. The number of hydrogen-bond donors (Lipinski definition) is 1. The molecule has 0 aromatic heterocycles. The summed E-state index contributed by atoms with van der Waals surface area (Å²) < 4.78 is 4.55. The molecule has 1 heterocycles. The molecule has 1 N–H and O–H groups in total. The molecule has 4 nitrogen and oxygen atoms in total. The number of piperidine rings is 1. The lowest BCUT2D eigenvalue weighted by Gasteiger charge is -2.16. The van der Waals surface area contributed by atoms with E-state index >= 15 is 0 Å². The van der Waals surface area contributed by atoms with Gasteiger partial charge in [0, 0.05) is 6.42 Å². The third-order valence-corrected chi connectivity index (χ3v) is 1.79. The summed E-state index contributed by atoms with van der Waals surface area (Å²) in [4.78, 5) is 20.2. The minimum atomic E-state index is -0.318. The first-order valence-corrected chi connectivity index (χ1v) is 5.19. The molecular formula is C11H21NO3. The second-order valence-corrected chi connectivity index (χ2v) is 4.81. The lowest BCUT2D eigenvalue weighted by Crippen LogP contribution is -2.34. The number of hydrogen-bond acceptors (Lipinski definition) is 4. The van der Waals surface area contributed by atoms with Gasteiger partial charge in [0.15, 0.2) is 0 Å². The first-order valence-electron chi connectivity index (χ1n) is 5.19. The maximum absolute atomic E-state index is 10.6. The Bertz CT molecular complexity index is 208. The van der Waals surface area contributed by atoms with Gasteiger partial charge in [-0.2, -0.15) is 0 Å². The Kier molecular flexibility index (Phi) is 6.17. The molecule has 1 fully saturated rings. The Balaban J connectivity index is 0.000000265. The molecule has 0 bridgehead atoms. The van der Waals surface area contributed by atoms with Gasteiger partial charge >= 0.3 is 0 Å². The number of Topliss-reactive ketones (excluding diaryl/α,β-unsaturated/α-hetero) is 1. The van der Waals surface area contributed by atoms with Gasteiger partial charge in [-0.3, -0.25) is 9.59 Å². The summed E-state index contributed by atoms with van der Waals surface area (Å²) in [6.45, 7) is 9.60. The minimum absolute atomic E-state index is 0.318. The van der Waals surface area contributed by atoms with E-state index in [0.717, 1.165) is 13.0 Å². The van der Waals surface area contributed by atoms with Crippen molar-refractivity contribution in [2.24, 2.45) is 5.92 Å². The Morgan fingerprint density at radius 2 is 2.07 bits per heavy atom. The zero-order valence-electron chi connectivity index (χ0n) is 10.0. The summed E-state index contributed by atoms with van der Waals surface area (Å²) in [7, 11) is 0. The van der Waals surface area contributed by atoms with E-state index in [1.807, 2.05) is 20.8 Å². The molecule has 0 unspecified atom stereocenters. The lowest BCUT2D eigenvalue weighted by atomic mass is 10.0. The molecule has 0 amide bonds. The fourth-order valence-corrected chi connectivity index (χ4v) is 1.14. The lowest BCUT2D eigenvalue weighted by molar-refractivity contribution is -0.138. The maximum atomic E-state index is 10.6. The van der Waals surface area contributed by atoms with E-state index in [-0.39, 0.29) is 5.60 Å². The summed E-state index contributed by atoms with van der Waals surface area (Å²) in [5.74, 6) is 0.903. The largest absolute Gasteiger partial charge is 0.462 e. The SMILES string of the molecule is CC(C)(C)OC=O.C[C@H]1CNCC(=O)C1. The Morgan fingerprint density at radius 3 is 2.27 bits per heavy atom. The Labute approximate surface area is 91.4 Å². The van der Waals surface area contributed by atoms with E-state index in [0.29, 0.717) is 24.7 Å². The predicted molar refractivity (Wildman–Crippen MR) is 58.6 cm³/mol. The topological polar surface area (TPSA) is 55.4 Å². The van der Waals surface area contributed by atoms with Crippen LogP contribution in [-0.4, -0.2) is 30.9 Å². The monoisotopic (exact) mass is 215 g/mol. The van der Waals surface area contributed by atoms with Crippen LogP contribution in [0.15, 0.2) is 0 Å². The van der Waals surface area contributed by atoms with Crippen LogP contribution in [-0.2, 0) is 14.3 Å². The van der Waals surface area contributed by atoms with Crippen molar-refractivity contribution in [3.63, 3.8) is 0 Å². The van der Waals surface area contributed by atoms with Gasteiger partial charge in [-0.1, -0.05) is 6.92 Å². The summed E-state index contributed by atoms with van der Waals surface area (Å²) in [6, 6.07) is 0. The predicted octanol–water partition coefficient (Wildman–Crippen LogP) is 1.14. The number of ether oxygens (including phenoxy) is 1. The molecule has 1 aliphatic heterocycles. The second kappa shape index (κ2) is 6.56. The van der Waals surface area contributed by atoms with E-state index in [1.165, 1.54) is 0 Å². The van der Waals surface area contributed by atoms with Crippen LogP contribution >= 0.6 is 0 Å². The fraction of sp³-hybridized carbons (Fsp3) is 0.818. The van der Waals surface area contributed by atoms with Crippen LogP contribution in [0.25, 0.3) is 0 Å². The van der Waals surface area contributed by atoms with Crippen LogP contribution in [0.1, 0.15) is 34.1 Å². The molecule has 0 aromatic carbocycles. The summed E-state index contributed by atoms with van der Waals surface area (Å²) in [6.07, 6.45) is 0.771. The van der Waals surface area contributed by atoms with Crippen LogP contribution in [0.4, 0.5) is 0 Å². The van der Waals surface area contributed by atoms with Crippen molar-refractivity contribution in [1.82, 2.24) is 5.32 Å². The van der Waals surface area contributed by atoms with E-state index in [2.05, 4.69) is 17.0 Å². The van der Waals surface area contributed by atoms with Crippen LogP contribution in [0.3, 0.4) is 0 Å². The number of carbonyl (C=O) groups is 2. The molecule has 0 spiro atoms. The molecule has 0 aliphatic carbocycles. The zero-order chi connectivity index (χ0) is 11.9. The number of rotatable bonds is 1. The van der Waals surface area contributed by atoms with Gasteiger partial charge in [0.1, 0.15) is 11.4 Å². The number of ketones is 1. The number of carbonyl (C=O) groups excluding carboxylic acids is 2. The molecular weight excluding hydrogens is 194 g/mol. The highest BCUT2D eigenvalue weighted by Crippen LogP contribution is 2.04. The minimum Gasteiger partial charge on any atom is -0.462 e. The van der Waals surface area contributed by atoms with Gasteiger partial charge in [0.05, 0.1) is 6.54 Å². The van der Waals surface area contributed by atoms with Crippen molar-refractivity contribution in [2.45, 2.75) is 39.7 Å². The smallest absolute Gasteiger partial charge is 0.293 e. The van der Waals surface area contributed by atoms with Crippen molar-refractivity contribution >= 4 is 12.3 Å². The summed E-state index contributed by atoms with van der Waals surface area (Å²) in [5.41, 5.74) is -0.318. The van der Waals surface area contributed by atoms with Crippen LogP contribution in [0, 0.1) is 5.92 Å². The molecule has 15 heavy (non-hydrogen) atoms. The molecule has 1 aliphatic rings. The first kappa shape index (κ1) is 14.1. The van der Waals surface area contributed by atoms with Gasteiger partial charge in [-0.05, 0) is 33.2 Å². The summed E-state index contributed by atoms with van der Waals surface area (Å²) in [5, 5.41) is 3.03. The highest BCUT2D eigenvalue weighted by atomic mass is 16.5. The van der Waals surface area contributed by atoms with Gasteiger partial charge < -0.3 is 10.1 Å². The average Bonchev–Trinajstić information content (AvgIpc) is 2.01. The van der Waals surface area contributed by atoms with Gasteiger partial charge in [0.25, 0.3) is 6.47 Å². The highest BCUT2D eigenvalue weighted by molar-refractivity contribution is 5.81. The highest BCUT2D eigenvalue weighted by Gasteiger charge is 2.13. The Hall–Kier alpha value is -0.900. The average molecular weight is 215 g/mol. The third kappa shape index (κ3) is 9.41.